The molecule has 116 valence electrons. The predicted octanol–water partition coefficient (Wildman–Crippen LogP) is 2.49. The first-order valence-electron chi connectivity index (χ1n) is 6.83. The number of hydrogen-bond acceptors (Lipinski definition) is 4. The minimum absolute atomic E-state index is 0.196. The van der Waals surface area contributed by atoms with E-state index >= 15 is 0 Å². The van der Waals surface area contributed by atoms with Gasteiger partial charge in [-0.25, -0.2) is 4.79 Å². The predicted molar refractivity (Wildman–Crippen MR) is 82.6 cm³/mol. The van der Waals surface area contributed by atoms with Crippen molar-refractivity contribution < 1.29 is 19.4 Å². The lowest BCUT2D eigenvalue weighted by atomic mass is 10.3. The average Bonchev–Trinajstić information content (AvgIpc) is 2.55. The molecule has 0 unspecified atom stereocenters. The van der Waals surface area contributed by atoms with E-state index in [1.54, 1.807) is 55.6 Å². The number of phenolic OH excluding ortho intramolecular Hbond substituents is 1. The Hall–Kier alpha value is -2.89. The molecule has 6 heteroatoms. The second kappa shape index (κ2) is 7.78. The van der Waals surface area contributed by atoms with E-state index in [9.17, 15) is 9.90 Å². The molecule has 0 spiro atoms. The summed E-state index contributed by atoms with van der Waals surface area (Å²) in [5.74, 6) is 2.20. The molecule has 2 rings (SSSR count). The summed E-state index contributed by atoms with van der Waals surface area (Å²) in [4.78, 5) is 11.0. The molecule has 0 atom stereocenters. The zero-order valence-electron chi connectivity index (χ0n) is 12.2. The molecule has 0 bridgehead atoms. The van der Waals surface area contributed by atoms with Crippen LogP contribution in [0, 0.1) is 0 Å². The molecule has 2 amide bonds. The molecule has 3 N–H and O–H groups in total. The van der Waals surface area contributed by atoms with Crippen molar-refractivity contribution in [1.29, 1.82) is 0 Å². The van der Waals surface area contributed by atoms with Crippen molar-refractivity contribution in [2.24, 2.45) is 0 Å². The monoisotopic (exact) mass is 302 g/mol. The molecule has 2 aromatic carbocycles. The summed E-state index contributed by atoms with van der Waals surface area (Å²) < 4.78 is 11.1. The SMILES string of the molecule is CNC(=O)NCCOc1ccc(Oc2ccc(O)cc2)cc1. The maximum Gasteiger partial charge on any atom is 0.314 e. The van der Waals surface area contributed by atoms with Gasteiger partial charge in [-0.2, -0.15) is 0 Å². The smallest absolute Gasteiger partial charge is 0.314 e. The summed E-state index contributed by atoms with van der Waals surface area (Å²) >= 11 is 0. The van der Waals surface area contributed by atoms with E-state index in [4.69, 9.17) is 9.47 Å². The fourth-order valence-electron chi connectivity index (χ4n) is 1.68. The molecule has 0 heterocycles. The maximum absolute atomic E-state index is 11.0. The molecule has 0 radical (unpaired) electrons. The number of carbonyl (C=O) groups excluding carboxylic acids is 1. The number of phenols is 1. The number of amides is 2. The Balaban J connectivity index is 1.80. The average molecular weight is 302 g/mol. The zero-order chi connectivity index (χ0) is 15.8. The van der Waals surface area contributed by atoms with Gasteiger partial charge in [0.2, 0.25) is 0 Å². The van der Waals surface area contributed by atoms with Crippen LogP contribution in [0.3, 0.4) is 0 Å². The van der Waals surface area contributed by atoms with Crippen LogP contribution in [0.5, 0.6) is 23.0 Å². The molecule has 2 aromatic rings. The first-order chi connectivity index (χ1) is 10.7. The summed E-state index contributed by atoms with van der Waals surface area (Å²) in [6.45, 7) is 0.803. The van der Waals surface area contributed by atoms with E-state index in [-0.39, 0.29) is 11.8 Å². The largest absolute Gasteiger partial charge is 0.508 e. The lowest BCUT2D eigenvalue weighted by Gasteiger charge is -2.09. The van der Waals surface area contributed by atoms with Gasteiger partial charge in [-0.05, 0) is 48.5 Å². The first kappa shape index (κ1) is 15.5. The van der Waals surface area contributed by atoms with E-state index < -0.39 is 0 Å². The summed E-state index contributed by atoms with van der Waals surface area (Å²) in [6, 6.07) is 13.4. The van der Waals surface area contributed by atoms with Crippen LogP contribution in [-0.4, -0.2) is 31.3 Å². The normalized spacial score (nSPS) is 9.86. The zero-order valence-corrected chi connectivity index (χ0v) is 12.2. The van der Waals surface area contributed by atoms with Crippen molar-refractivity contribution in [1.82, 2.24) is 10.6 Å². The maximum atomic E-state index is 11.0. The van der Waals surface area contributed by atoms with E-state index in [0.29, 0.717) is 30.4 Å². The highest BCUT2D eigenvalue weighted by Gasteiger charge is 2.00. The van der Waals surface area contributed by atoms with Crippen LogP contribution in [0.1, 0.15) is 0 Å². The van der Waals surface area contributed by atoms with Crippen LogP contribution in [0.15, 0.2) is 48.5 Å². The topological polar surface area (TPSA) is 79.8 Å². The number of rotatable bonds is 6. The third kappa shape index (κ3) is 4.90. The van der Waals surface area contributed by atoms with Crippen LogP contribution < -0.4 is 20.1 Å². The molecular weight excluding hydrogens is 284 g/mol. The molecule has 0 aliphatic rings. The van der Waals surface area contributed by atoms with Gasteiger partial charge in [-0.1, -0.05) is 0 Å². The van der Waals surface area contributed by atoms with Gasteiger partial charge in [0.05, 0.1) is 6.54 Å². The molecule has 0 aliphatic carbocycles. The number of urea groups is 1. The van der Waals surface area contributed by atoms with E-state index in [2.05, 4.69) is 10.6 Å². The molecule has 0 aromatic heterocycles. The second-order valence-corrected chi connectivity index (χ2v) is 4.42. The molecule has 0 fully saturated rings. The summed E-state index contributed by atoms with van der Waals surface area (Å²) in [5, 5.41) is 14.3. The summed E-state index contributed by atoms with van der Waals surface area (Å²) in [6.07, 6.45) is 0. The highest BCUT2D eigenvalue weighted by molar-refractivity contribution is 5.73. The Bertz CT molecular complexity index is 597. The molecular formula is C16H18N2O4. The molecule has 6 nitrogen and oxygen atoms in total. The minimum atomic E-state index is -0.235. The van der Waals surface area contributed by atoms with Crippen molar-refractivity contribution in [3.8, 4) is 23.0 Å². The van der Waals surface area contributed by atoms with Gasteiger partial charge in [0.15, 0.2) is 0 Å². The Labute approximate surface area is 128 Å². The lowest BCUT2D eigenvalue weighted by Crippen LogP contribution is -2.35. The number of nitrogens with one attached hydrogen (secondary N) is 2. The van der Waals surface area contributed by atoms with E-state index in [1.165, 1.54) is 0 Å². The highest BCUT2D eigenvalue weighted by atomic mass is 16.5. The Morgan fingerprint density at radius 2 is 1.55 bits per heavy atom. The van der Waals surface area contributed by atoms with Crippen LogP contribution in [0.4, 0.5) is 4.79 Å². The van der Waals surface area contributed by atoms with Crippen molar-refractivity contribution in [2.45, 2.75) is 0 Å². The number of carbonyl (C=O) groups is 1. The number of aromatic hydroxyl groups is 1. The Morgan fingerprint density at radius 1 is 1.00 bits per heavy atom. The third-order valence-electron chi connectivity index (χ3n) is 2.78. The summed E-state index contributed by atoms with van der Waals surface area (Å²) in [5.41, 5.74) is 0. The van der Waals surface area contributed by atoms with Crippen LogP contribution in [0.2, 0.25) is 0 Å². The quantitative estimate of drug-likeness (QED) is 0.716. The third-order valence-corrected chi connectivity index (χ3v) is 2.78. The van der Waals surface area contributed by atoms with E-state index in [0.717, 1.165) is 0 Å². The van der Waals surface area contributed by atoms with Crippen LogP contribution in [-0.2, 0) is 0 Å². The van der Waals surface area contributed by atoms with Crippen LogP contribution >= 0.6 is 0 Å². The molecule has 22 heavy (non-hydrogen) atoms. The van der Waals surface area contributed by atoms with Gasteiger partial charge >= 0.3 is 6.03 Å². The van der Waals surface area contributed by atoms with Gasteiger partial charge in [-0.3, -0.25) is 0 Å². The van der Waals surface area contributed by atoms with Crippen molar-refractivity contribution in [3.05, 3.63) is 48.5 Å². The fourth-order valence-corrected chi connectivity index (χ4v) is 1.68. The minimum Gasteiger partial charge on any atom is -0.508 e. The molecule has 0 aliphatic heterocycles. The Kier molecular flexibility index (Phi) is 5.48. The van der Waals surface area contributed by atoms with Crippen LogP contribution in [0.25, 0.3) is 0 Å². The molecule has 0 saturated carbocycles. The van der Waals surface area contributed by atoms with Gasteiger partial charge in [0.25, 0.3) is 0 Å². The van der Waals surface area contributed by atoms with E-state index in [1.807, 2.05) is 0 Å². The lowest BCUT2D eigenvalue weighted by molar-refractivity contribution is 0.238. The van der Waals surface area contributed by atoms with Gasteiger partial charge < -0.3 is 25.2 Å². The van der Waals surface area contributed by atoms with Gasteiger partial charge in [0.1, 0.15) is 29.6 Å². The number of hydrogen-bond donors (Lipinski definition) is 3. The first-order valence-corrected chi connectivity index (χ1v) is 6.83. The Morgan fingerprint density at radius 3 is 2.14 bits per heavy atom. The van der Waals surface area contributed by atoms with Crippen molar-refractivity contribution >= 4 is 6.03 Å². The highest BCUT2D eigenvalue weighted by Crippen LogP contribution is 2.25. The standard InChI is InChI=1S/C16H18N2O4/c1-17-16(20)18-10-11-21-13-6-8-15(9-7-13)22-14-4-2-12(19)3-5-14/h2-9,19H,10-11H2,1H3,(H2,17,18,20). The van der Waals surface area contributed by atoms with Gasteiger partial charge in [-0.15, -0.1) is 0 Å². The van der Waals surface area contributed by atoms with Crippen molar-refractivity contribution in [2.75, 3.05) is 20.2 Å². The fraction of sp³-hybridized carbons (Fsp3) is 0.188. The number of benzene rings is 2. The second-order valence-electron chi connectivity index (χ2n) is 4.42. The van der Waals surface area contributed by atoms with Gasteiger partial charge in [0, 0.05) is 7.05 Å². The van der Waals surface area contributed by atoms with Crippen molar-refractivity contribution in [3.63, 3.8) is 0 Å². The number of ether oxygens (including phenoxy) is 2. The summed E-state index contributed by atoms with van der Waals surface area (Å²) in [7, 11) is 1.56. The molecule has 0 saturated heterocycles.